The van der Waals surface area contributed by atoms with Crippen LogP contribution in [0.1, 0.15) is 51.9 Å². The van der Waals surface area contributed by atoms with Crippen LogP contribution in [0.3, 0.4) is 0 Å². The van der Waals surface area contributed by atoms with Crippen molar-refractivity contribution in [2.45, 2.75) is 51.9 Å². The van der Waals surface area contributed by atoms with Crippen molar-refractivity contribution in [3.63, 3.8) is 0 Å². The Bertz CT molecular complexity index is 363. The molecule has 1 aliphatic heterocycles. The second kappa shape index (κ2) is 9.37. The third-order valence-corrected chi connectivity index (χ3v) is 3.87. The number of carboxylic acids is 1. The van der Waals surface area contributed by atoms with Crippen LogP contribution in [0.2, 0.25) is 0 Å². The van der Waals surface area contributed by atoms with Gasteiger partial charge in [0.25, 0.3) is 0 Å². The van der Waals surface area contributed by atoms with Gasteiger partial charge in [0.05, 0.1) is 0 Å². The Labute approximate surface area is 125 Å². The fraction of sp³-hybridized carbons (Fsp3) is 0.800. The van der Waals surface area contributed by atoms with E-state index in [2.05, 4.69) is 5.32 Å². The van der Waals surface area contributed by atoms with Crippen LogP contribution >= 0.6 is 0 Å². The highest BCUT2D eigenvalue weighted by molar-refractivity contribution is 5.76. The largest absolute Gasteiger partial charge is 0.481 e. The van der Waals surface area contributed by atoms with Crippen LogP contribution in [0.15, 0.2) is 0 Å². The van der Waals surface area contributed by atoms with Crippen LogP contribution in [0.25, 0.3) is 0 Å². The number of hydrogen-bond acceptors (Lipinski definition) is 3. The van der Waals surface area contributed by atoms with E-state index in [9.17, 15) is 14.4 Å². The highest BCUT2D eigenvalue weighted by atomic mass is 16.4. The maximum atomic E-state index is 12.0. The van der Waals surface area contributed by atoms with Gasteiger partial charge >= 0.3 is 5.97 Å². The first-order valence-electron chi connectivity index (χ1n) is 7.73. The SMILES string of the molecule is CC(=O)NCCCCCC(=O)N1CCC(CC(=O)O)CC1. The number of unbranched alkanes of at least 4 members (excludes halogenated alkanes) is 2. The lowest BCUT2D eigenvalue weighted by Gasteiger charge is -2.31. The van der Waals surface area contributed by atoms with E-state index in [0.29, 0.717) is 26.1 Å². The average Bonchev–Trinajstić information content (AvgIpc) is 2.42. The minimum absolute atomic E-state index is 0.0182. The standard InChI is InChI=1S/C15H26N2O4/c1-12(18)16-8-4-2-3-5-14(19)17-9-6-13(7-10-17)11-15(20)21/h13H,2-11H2,1H3,(H,16,18)(H,20,21). The number of carbonyl (C=O) groups excluding carboxylic acids is 2. The quantitative estimate of drug-likeness (QED) is 0.663. The minimum atomic E-state index is -0.751. The third-order valence-electron chi connectivity index (χ3n) is 3.87. The number of nitrogens with one attached hydrogen (secondary N) is 1. The van der Waals surface area contributed by atoms with Crippen molar-refractivity contribution < 1.29 is 19.5 Å². The Hall–Kier alpha value is -1.59. The van der Waals surface area contributed by atoms with Crippen molar-refractivity contribution in [3.05, 3.63) is 0 Å². The number of carboxylic acid groups (broad SMARTS) is 1. The lowest BCUT2D eigenvalue weighted by Crippen LogP contribution is -2.38. The normalized spacial score (nSPS) is 15.8. The highest BCUT2D eigenvalue weighted by Gasteiger charge is 2.23. The smallest absolute Gasteiger partial charge is 0.303 e. The van der Waals surface area contributed by atoms with Crippen LogP contribution in [0.5, 0.6) is 0 Å². The van der Waals surface area contributed by atoms with Gasteiger partial charge in [0.1, 0.15) is 0 Å². The Morgan fingerprint density at radius 1 is 1.14 bits per heavy atom. The molecule has 0 saturated carbocycles. The van der Waals surface area contributed by atoms with Gasteiger partial charge in [-0.15, -0.1) is 0 Å². The second-order valence-electron chi connectivity index (χ2n) is 5.72. The Balaban J connectivity index is 2.08. The molecule has 1 heterocycles. The number of nitrogens with zero attached hydrogens (tertiary/aromatic N) is 1. The Kier molecular flexibility index (Phi) is 7.79. The average molecular weight is 298 g/mol. The van der Waals surface area contributed by atoms with Crippen molar-refractivity contribution in [1.82, 2.24) is 10.2 Å². The zero-order valence-electron chi connectivity index (χ0n) is 12.8. The van der Waals surface area contributed by atoms with Gasteiger partial charge < -0.3 is 15.3 Å². The Morgan fingerprint density at radius 3 is 2.38 bits per heavy atom. The lowest BCUT2D eigenvalue weighted by molar-refractivity contribution is -0.138. The predicted octanol–water partition coefficient (Wildman–Crippen LogP) is 1.40. The molecule has 0 radical (unpaired) electrons. The molecule has 1 aliphatic rings. The summed E-state index contributed by atoms with van der Waals surface area (Å²) in [7, 11) is 0. The molecule has 120 valence electrons. The summed E-state index contributed by atoms with van der Waals surface area (Å²) in [6.45, 7) is 3.53. The van der Waals surface area contributed by atoms with Crippen molar-refractivity contribution in [1.29, 1.82) is 0 Å². The maximum Gasteiger partial charge on any atom is 0.303 e. The van der Waals surface area contributed by atoms with E-state index < -0.39 is 5.97 Å². The van der Waals surface area contributed by atoms with Gasteiger partial charge in [0.2, 0.25) is 11.8 Å². The van der Waals surface area contributed by atoms with Crippen molar-refractivity contribution in [2.75, 3.05) is 19.6 Å². The molecule has 0 bridgehead atoms. The van der Waals surface area contributed by atoms with E-state index in [4.69, 9.17) is 5.11 Å². The fourth-order valence-electron chi connectivity index (χ4n) is 2.63. The number of likely N-dealkylation sites (tertiary alicyclic amines) is 1. The molecule has 6 nitrogen and oxygen atoms in total. The predicted molar refractivity (Wildman–Crippen MR) is 78.7 cm³/mol. The number of hydrogen-bond donors (Lipinski definition) is 2. The molecule has 21 heavy (non-hydrogen) atoms. The molecule has 1 saturated heterocycles. The van der Waals surface area contributed by atoms with Gasteiger partial charge in [-0.25, -0.2) is 0 Å². The van der Waals surface area contributed by atoms with E-state index in [1.807, 2.05) is 4.90 Å². The maximum absolute atomic E-state index is 12.0. The summed E-state index contributed by atoms with van der Waals surface area (Å²) in [4.78, 5) is 35.2. The Morgan fingerprint density at radius 2 is 1.81 bits per heavy atom. The molecule has 0 unspecified atom stereocenters. The molecular weight excluding hydrogens is 272 g/mol. The molecule has 0 aromatic rings. The van der Waals surface area contributed by atoms with Gasteiger partial charge in [0, 0.05) is 39.4 Å². The van der Waals surface area contributed by atoms with Crippen LogP contribution in [0, 0.1) is 5.92 Å². The van der Waals surface area contributed by atoms with E-state index in [1.54, 1.807) is 0 Å². The minimum Gasteiger partial charge on any atom is -0.481 e. The van der Waals surface area contributed by atoms with Gasteiger partial charge in [-0.05, 0) is 31.6 Å². The number of rotatable bonds is 8. The summed E-state index contributed by atoms with van der Waals surface area (Å²) in [5, 5.41) is 11.5. The summed E-state index contributed by atoms with van der Waals surface area (Å²) in [6.07, 6.45) is 5.01. The molecule has 0 aromatic heterocycles. The van der Waals surface area contributed by atoms with Crippen LogP contribution in [0.4, 0.5) is 0 Å². The van der Waals surface area contributed by atoms with E-state index in [-0.39, 0.29) is 24.2 Å². The van der Waals surface area contributed by atoms with Crippen LogP contribution in [-0.4, -0.2) is 47.4 Å². The molecule has 2 N–H and O–H groups in total. The van der Waals surface area contributed by atoms with Gasteiger partial charge in [-0.3, -0.25) is 14.4 Å². The number of aliphatic carboxylic acids is 1. The fourth-order valence-corrected chi connectivity index (χ4v) is 2.63. The summed E-state index contributed by atoms with van der Waals surface area (Å²) < 4.78 is 0. The molecule has 6 heteroatoms. The summed E-state index contributed by atoms with van der Waals surface area (Å²) >= 11 is 0. The van der Waals surface area contributed by atoms with Crippen molar-refractivity contribution >= 4 is 17.8 Å². The van der Waals surface area contributed by atoms with E-state index in [1.165, 1.54) is 6.92 Å². The van der Waals surface area contributed by atoms with E-state index >= 15 is 0 Å². The van der Waals surface area contributed by atoms with E-state index in [0.717, 1.165) is 32.1 Å². The zero-order valence-corrected chi connectivity index (χ0v) is 12.8. The zero-order chi connectivity index (χ0) is 15.7. The third kappa shape index (κ3) is 7.68. The molecule has 0 aromatic carbocycles. The molecule has 1 rings (SSSR count). The first kappa shape index (κ1) is 17.5. The molecule has 0 spiro atoms. The van der Waals surface area contributed by atoms with Crippen LogP contribution in [-0.2, 0) is 14.4 Å². The molecule has 0 aliphatic carbocycles. The topological polar surface area (TPSA) is 86.7 Å². The monoisotopic (exact) mass is 298 g/mol. The first-order chi connectivity index (χ1) is 9.99. The molecular formula is C15H26N2O4. The van der Waals surface area contributed by atoms with Gasteiger partial charge in [0.15, 0.2) is 0 Å². The van der Waals surface area contributed by atoms with Crippen molar-refractivity contribution in [2.24, 2.45) is 5.92 Å². The van der Waals surface area contributed by atoms with Gasteiger partial charge in [-0.1, -0.05) is 6.42 Å². The molecule has 0 atom stereocenters. The summed E-state index contributed by atoms with van der Waals surface area (Å²) in [5.41, 5.74) is 0. The molecule has 2 amide bonds. The van der Waals surface area contributed by atoms with Crippen molar-refractivity contribution in [3.8, 4) is 0 Å². The number of carbonyl (C=O) groups is 3. The second-order valence-corrected chi connectivity index (χ2v) is 5.72. The number of amides is 2. The summed E-state index contributed by atoms with van der Waals surface area (Å²) in [5.74, 6) is -0.387. The van der Waals surface area contributed by atoms with Gasteiger partial charge in [-0.2, -0.15) is 0 Å². The molecule has 1 fully saturated rings. The lowest BCUT2D eigenvalue weighted by atomic mass is 9.93. The summed E-state index contributed by atoms with van der Waals surface area (Å²) in [6, 6.07) is 0. The highest BCUT2D eigenvalue weighted by Crippen LogP contribution is 2.21. The number of piperidine rings is 1. The first-order valence-corrected chi connectivity index (χ1v) is 7.73. The van der Waals surface area contributed by atoms with Crippen LogP contribution < -0.4 is 5.32 Å².